The fraction of sp³-hybridized carbons (Fsp3) is 0.867. The Hall–Kier alpha value is -2.24. The van der Waals surface area contributed by atoms with E-state index in [1.165, 1.54) is 167 Å². The normalized spacial score (nSPS) is 11.8. The van der Waals surface area contributed by atoms with Crippen LogP contribution >= 0.6 is 0 Å². The fourth-order valence-corrected chi connectivity index (χ4v) is 7.17. The summed E-state index contributed by atoms with van der Waals surface area (Å²) in [5, 5.41) is 2.88. The van der Waals surface area contributed by atoms with Gasteiger partial charge >= 0.3 is 5.97 Å². The van der Waals surface area contributed by atoms with Crippen LogP contribution in [0.25, 0.3) is 0 Å². The average Bonchev–Trinajstić information content (AvgIpc) is 3.73. The maximum atomic E-state index is 13.2. The number of amides is 1. The van der Waals surface area contributed by atoms with Crippen LogP contribution in [0.3, 0.4) is 0 Å². The lowest BCUT2D eigenvalue weighted by atomic mass is 9.95. The molecule has 11 heteroatoms. The third kappa shape index (κ3) is 32.8. The SMILES string of the molecule is CCCCCCCCCCCCCCCCN(CCCCCCCCCCCCCCCC)C(=O)COCCOCCOC(=O)C(Cc1cnc[nH]1)NBC=O. The minimum absolute atomic E-state index is 0.0524. The van der Waals surface area contributed by atoms with Crippen LogP contribution in [0, 0.1) is 0 Å². The summed E-state index contributed by atoms with van der Waals surface area (Å²) in [4.78, 5) is 45.5. The molecule has 0 aliphatic heterocycles. The minimum atomic E-state index is -0.660. The Balaban J connectivity index is 2.26. The summed E-state index contributed by atoms with van der Waals surface area (Å²) in [5.41, 5.74) is 0.769. The Morgan fingerprint density at radius 1 is 0.661 bits per heavy atom. The molecule has 1 aromatic rings. The van der Waals surface area contributed by atoms with E-state index in [0.717, 1.165) is 31.6 Å². The molecule has 0 aromatic carbocycles. The van der Waals surface area contributed by atoms with Gasteiger partial charge in [0.15, 0.2) is 0 Å². The number of ether oxygens (including phenoxy) is 3. The highest BCUT2D eigenvalue weighted by Gasteiger charge is 2.20. The number of hydrogen-bond acceptors (Lipinski definition) is 8. The van der Waals surface area contributed by atoms with E-state index in [1.807, 2.05) is 4.90 Å². The van der Waals surface area contributed by atoms with E-state index >= 15 is 0 Å². The monoisotopic (exact) mass is 789 g/mol. The number of carbonyl (C=O) groups excluding carboxylic acids is 3. The lowest BCUT2D eigenvalue weighted by Gasteiger charge is -2.23. The predicted octanol–water partition coefficient (Wildman–Crippen LogP) is 9.82. The van der Waals surface area contributed by atoms with Crippen LogP contribution < -0.4 is 5.23 Å². The van der Waals surface area contributed by atoms with Crippen molar-refractivity contribution in [1.82, 2.24) is 20.1 Å². The molecule has 0 aliphatic carbocycles. The van der Waals surface area contributed by atoms with Gasteiger partial charge in [-0.25, -0.2) is 4.98 Å². The highest BCUT2D eigenvalue weighted by Crippen LogP contribution is 2.15. The Labute approximate surface area is 343 Å². The van der Waals surface area contributed by atoms with Crippen molar-refractivity contribution in [3.05, 3.63) is 18.2 Å². The second kappa shape index (κ2) is 40.9. The lowest BCUT2D eigenvalue weighted by molar-refractivity contribution is -0.147. The topological polar surface area (TPSA) is 123 Å². The van der Waals surface area contributed by atoms with Crippen molar-refractivity contribution in [2.45, 2.75) is 206 Å². The van der Waals surface area contributed by atoms with Gasteiger partial charge < -0.3 is 34.1 Å². The quantitative estimate of drug-likeness (QED) is 0.0290. The molecule has 0 spiro atoms. The van der Waals surface area contributed by atoms with Gasteiger partial charge in [0.2, 0.25) is 5.91 Å². The van der Waals surface area contributed by atoms with Gasteiger partial charge in [0, 0.05) is 31.4 Å². The molecule has 10 nitrogen and oxygen atoms in total. The summed E-state index contributed by atoms with van der Waals surface area (Å²) >= 11 is 0. The van der Waals surface area contributed by atoms with Crippen molar-refractivity contribution < 1.29 is 28.6 Å². The van der Waals surface area contributed by atoms with Crippen LogP contribution in [0.5, 0.6) is 0 Å². The van der Waals surface area contributed by atoms with Gasteiger partial charge in [0.05, 0.1) is 32.3 Å². The van der Waals surface area contributed by atoms with Gasteiger partial charge in [-0.2, -0.15) is 0 Å². The zero-order chi connectivity index (χ0) is 40.4. The molecule has 0 radical (unpaired) electrons. The summed E-state index contributed by atoms with van der Waals surface area (Å²) < 4.78 is 16.7. The zero-order valence-electron chi connectivity index (χ0n) is 36.3. The molecular formula is C45H85BN4O6. The third-order valence-electron chi connectivity index (χ3n) is 10.7. The van der Waals surface area contributed by atoms with E-state index in [4.69, 9.17) is 14.2 Å². The highest BCUT2D eigenvalue weighted by atomic mass is 16.6. The van der Waals surface area contributed by atoms with Crippen molar-refractivity contribution in [2.24, 2.45) is 0 Å². The molecule has 1 amide bonds. The number of nitrogens with one attached hydrogen (secondary N) is 2. The summed E-state index contributed by atoms with van der Waals surface area (Å²) in [6.07, 6.45) is 41.4. The maximum Gasteiger partial charge on any atom is 0.322 e. The first kappa shape index (κ1) is 51.8. The minimum Gasteiger partial charge on any atom is -0.462 e. The Morgan fingerprint density at radius 2 is 1.09 bits per heavy atom. The molecule has 2 N–H and O–H groups in total. The maximum absolute atomic E-state index is 13.2. The number of aromatic nitrogens is 2. The van der Waals surface area contributed by atoms with Crippen molar-refractivity contribution in [2.75, 3.05) is 46.1 Å². The number of aromatic amines is 1. The number of carbonyl (C=O) groups is 3. The van der Waals surface area contributed by atoms with Gasteiger partial charge in [-0.3, -0.25) is 9.59 Å². The standard InChI is InChI=1S/C45H85BN4O6/c1-3-5-7-9-11-13-15-17-19-21-23-25-27-29-31-50(32-30-28-26-24-22-20-18-16-14-12-10-8-6-4-2)44(52)39-55-34-33-54-35-36-56-45(53)43(49-46-40-51)37-42-38-47-41-48-42/h38,40-41,43,46,49H,3-37,39H2,1-2H3,(H,47,48). The van der Waals surface area contributed by atoms with Crippen LogP contribution in [0.4, 0.5) is 0 Å². The van der Waals surface area contributed by atoms with E-state index in [2.05, 4.69) is 29.0 Å². The van der Waals surface area contributed by atoms with E-state index in [9.17, 15) is 14.4 Å². The number of imidazole rings is 1. The van der Waals surface area contributed by atoms with Crippen LogP contribution in [-0.4, -0.2) is 92.5 Å². The average molecular weight is 789 g/mol. The van der Waals surface area contributed by atoms with Gasteiger partial charge in [0.25, 0.3) is 7.41 Å². The van der Waals surface area contributed by atoms with Crippen LogP contribution in [0.15, 0.2) is 12.5 Å². The van der Waals surface area contributed by atoms with Crippen molar-refractivity contribution in [3.8, 4) is 0 Å². The molecule has 0 saturated heterocycles. The number of rotatable bonds is 44. The van der Waals surface area contributed by atoms with Crippen molar-refractivity contribution >= 4 is 25.5 Å². The Kier molecular flexibility index (Phi) is 37.9. The second-order valence-corrected chi connectivity index (χ2v) is 15.8. The highest BCUT2D eigenvalue weighted by molar-refractivity contribution is 6.64. The van der Waals surface area contributed by atoms with Crippen LogP contribution in [0.1, 0.15) is 199 Å². The van der Waals surface area contributed by atoms with E-state index in [1.54, 1.807) is 12.5 Å². The zero-order valence-corrected chi connectivity index (χ0v) is 36.3. The summed E-state index contributed by atoms with van der Waals surface area (Å²) in [5.74, 6) is -0.390. The Bertz CT molecular complexity index is 969. The molecule has 1 heterocycles. The molecule has 0 fully saturated rings. The van der Waals surface area contributed by atoms with Gasteiger partial charge in [-0.15, -0.1) is 0 Å². The molecule has 1 rings (SSSR count). The van der Waals surface area contributed by atoms with Crippen LogP contribution in [0.2, 0.25) is 0 Å². The molecule has 1 atom stereocenters. The molecule has 0 aliphatic rings. The summed E-state index contributed by atoms with van der Waals surface area (Å²) in [6, 6.07) is -0.660. The molecule has 56 heavy (non-hydrogen) atoms. The number of nitrogens with zero attached hydrogens (tertiary/aromatic N) is 2. The molecule has 1 aromatic heterocycles. The molecule has 1 unspecified atom stereocenters. The first-order valence-electron chi connectivity index (χ1n) is 23.4. The Morgan fingerprint density at radius 3 is 1.52 bits per heavy atom. The molecular weight excluding hydrogens is 703 g/mol. The van der Waals surface area contributed by atoms with Crippen LogP contribution in [-0.2, 0) is 35.0 Å². The number of unbranched alkanes of at least 4 members (excludes halogenated alkanes) is 26. The van der Waals surface area contributed by atoms with Gasteiger partial charge in [-0.05, 0) is 12.8 Å². The predicted molar refractivity (Wildman–Crippen MR) is 233 cm³/mol. The molecule has 0 bridgehead atoms. The second-order valence-electron chi connectivity index (χ2n) is 15.8. The lowest BCUT2D eigenvalue weighted by Crippen LogP contribution is -2.42. The first-order chi connectivity index (χ1) is 27.6. The van der Waals surface area contributed by atoms with Gasteiger partial charge in [0.1, 0.15) is 19.3 Å². The van der Waals surface area contributed by atoms with E-state index < -0.39 is 12.0 Å². The summed E-state index contributed by atoms with van der Waals surface area (Å²) in [6.45, 7) is 7.16. The first-order valence-corrected chi connectivity index (χ1v) is 23.4. The number of H-pyrrole nitrogens is 1. The van der Waals surface area contributed by atoms with Crippen molar-refractivity contribution in [3.63, 3.8) is 0 Å². The molecule has 324 valence electrons. The van der Waals surface area contributed by atoms with E-state index in [-0.39, 0.29) is 33.1 Å². The third-order valence-corrected chi connectivity index (χ3v) is 10.7. The fourth-order valence-electron chi connectivity index (χ4n) is 7.17. The largest absolute Gasteiger partial charge is 0.462 e. The van der Waals surface area contributed by atoms with E-state index in [0.29, 0.717) is 25.8 Å². The number of hydrogen-bond donors (Lipinski definition) is 2. The summed E-state index contributed by atoms with van der Waals surface area (Å²) in [7, 11) is 0.0524. The molecule has 0 saturated carbocycles. The van der Waals surface area contributed by atoms with Gasteiger partial charge in [-0.1, -0.05) is 181 Å². The smallest absolute Gasteiger partial charge is 0.322 e. The number of esters is 1. The van der Waals surface area contributed by atoms with Crippen molar-refractivity contribution in [1.29, 1.82) is 0 Å².